The van der Waals surface area contributed by atoms with Crippen molar-refractivity contribution in [2.45, 2.75) is 0 Å². The summed E-state index contributed by atoms with van der Waals surface area (Å²) in [6, 6.07) is 12.4. The maximum Gasteiger partial charge on any atom is 0.300 e. The van der Waals surface area contributed by atoms with Crippen LogP contribution in [0.3, 0.4) is 0 Å². The lowest BCUT2D eigenvalue weighted by molar-refractivity contribution is -0.120. The second-order valence-electron chi connectivity index (χ2n) is 4.82. The molecule has 1 aliphatic rings. The first-order chi connectivity index (χ1) is 11.5. The Morgan fingerprint density at radius 1 is 1.08 bits per heavy atom. The van der Waals surface area contributed by atoms with E-state index in [1.54, 1.807) is 24.3 Å². The van der Waals surface area contributed by atoms with Crippen LogP contribution in [0, 0.1) is 5.82 Å². The highest BCUT2D eigenvalue weighted by Gasteiger charge is 2.40. The number of hydrogen-bond donors (Lipinski definition) is 0. The van der Waals surface area contributed by atoms with Crippen molar-refractivity contribution in [1.29, 1.82) is 0 Å². The van der Waals surface area contributed by atoms with Crippen LogP contribution in [0.4, 0.5) is 9.18 Å². The minimum atomic E-state index is -0.756. The van der Waals surface area contributed by atoms with Crippen LogP contribution >= 0.6 is 27.7 Å². The molecule has 0 aliphatic carbocycles. The van der Waals surface area contributed by atoms with Gasteiger partial charge in [-0.15, -0.1) is 0 Å². The quantitative estimate of drug-likeness (QED) is 0.546. The summed E-state index contributed by atoms with van der Waals surface area (Å²) >= 11 is 3.83. The topological polar surface area (TPSA) is 54.5 Å². The summed E-state index contributed by atoms with van der Waals surface area (Å²) in [4.78, 5) is 37.6. The number of carbonyl (C=O) groups excluding carboxylic acids is 3. The maximum atomic E-state index is 13.7. The summed E-state index contributed by atoms with van der Waals surface area (Å²) in [6.07, 6.45) is 1.27. The zero-order valence-electron chi connectivity index (χ0n) is 12.0. The van der Waals surface area contributed by atoms with Gasteiger partial charge in [0, 0.05) is 10.0 Å². The van der Waals surface area contributed by atoms with Crippen molar-refractivity contribution < 1.29 is 18.8 Å². The standard InChI is InChI=1S/C17H9BrFNO3S/c18-12-7-3-2-6-11(12)15(21)20-16(22)14(24-17(20)23)9-10-5-1-4-8-13(10)19/h1-9H/b14-9-. The van der Waals surface area contributed by atoms with E-state index >= 15 is 0 Å². The van der Waals surface area contributed by atoms with Crippen LogP contribution < -0.4 is 0 Å². The Kier molecular flexibility index (Phi) is 4.64. The van der Waals surface area contributed by atoms with Crippen molar-refractivity contribution in [1.82, 2.24) is 4.90 Å². The molecule has 3 amide bonds. The fourth-order valence-corrected chi connectivity index (χ4v) is 3.40. The number of halogens is 2. The molecular formula is C17H9BrFNO3S. The summed E-state index contributed by atoms with van der Waals surface area (Å²) < 4.78 is 14.2. The number of benzene rings is 2. The molecule has 24 heavy (non-hydrogen) atoms. The van der Waals surface area contributed by atoms with E-state index in [4.69, 9.17) is 0 Å². The van der Waals surface area contributed by atoms with Gasteiger partial charge in [0.05, 0.1) is 10.5 Å². The Bertz CT molecular complexity index is 897. The molecule has 0 N–H and O–H groups in total. The molecule has 120 valence electrons. The number of imide groups is 3. The molecule has 4 nitrogen and oxygen atoms in total. The molecule has 0 radical (unpaired) electrons. The van der Waals surface area contributed by atoms with Gasteiger partial charge in [-0.1, -0.05) is 30.3 Å². The Balaban J connectivity index is 1.94. The average molecular weight is 406 g/mol. The highest BCUT2D eigenvalue weighted by molar-refractivity contribution is 9.10. The summed E-state index contributed by atoms with van der Waals surface area (Å²) in [5, 5.41) is -0.705. The molecule has 2 aromatic carbocycles. The van der Waals surface area contributed by atoms with Crippen molar-refractivity contribution >= 4 is 50.8 Å². The summed E-state index contributed by atoms with van der Waals surface area (Å²) in [7, 11) is 0. The van der Waals surface area contributed by atoms with Gasteiger partial charge in [-0.05, 0) is 52.0 Å². The Labute approximate surface area is 149 Å². The van der Waals surface area contributed by atoms with Gasteiger partial charge in [-0.25, -0.2) is 9.29 Å². The van der Waals surface area contributed by atoms with E-state index in [1.807, 2.05) is 0 Å². The number of nitrogens with zero attached hydrogens (tertiary/aromatic N) is 1. The molecule has 1 heterocycles. The molecule has 1 saturated heterocycles. The molecule has 3 rings (SSSR count). The molecule has 2 aromatic rings. The molecule has 0 aromatic heterocycles. The minimum Gasteiger partial charge on any atom is -0.268 e. The first-order valence-electron chi connectivity index (χ1n) is 6.80. The molecule has 0 unspecified atom stereocenters. The highest BCUT2D eigenvalue weighted by Crippen LogP contribution is 2.34. The normalized spacial score (nSPS) is 16.1. The predicted octanol–water partition coefficient (Wildman–Crippen LogP) is 4.46. The molecular weight excluding hydrogens is 397 g/mol. The lowest BCUT2D eigenvalue weighted by Crippen LogP contribution is -2.35. The molecule has 7 heteroatoms. The van der Waals surface area contributed by atoms with Crippen molar-refractivity contribution in [3.63, 3.8) is 0 Å². The maximum absolute atomic E-state index is 13.7. The van der Waals surface area contributed by atoms with E-state index in [9.17, 15) is 18.8 Å². The van der Waals surface area contributed by atoms with Gasteiger partial charge < -0.3 is 0 Å². The summed E-state index contributed by atoms with van der Waals surface area (Å²) in [5.74, 6) is -1.99. The van der Waals surface area contributed by atoms with Crippen LogP contribution in [-0.2, 0) is 4.79 Å². The average Bonchev–Trinajstić information content (AvgIpc) is 2.83. The smallest absolute Gasteiger partial charge is 0.268 e. The zero-order valence-corrected chi connectivity index (χ0v) is 14.4. The molecule has 1 fully saturated rings. The Morgan fingerprint density at radius 2 is 1.75 bits per heavy atom. The fraction of sp³-hybridized carbons (Fsp3) is 0. The second kappa shape index (κ2) is 6.70. The third kappa shape index (κ3) is 3.05. The van der Waals surface area contributed by atoms with Crippen LogP contribution in [0.2, 0.25) is 0 Å². The van der Waals surface area contributed by atoms with E-state index < -0.39 is 22.9 Å². The fourth-order valence-electron chi connectivity index (χ4n) is 2.13. The minimum absolute atomic E-state index is 0.00510. The van der Waals surface area contributed by atoms with E-state index in [0.717, 1.165) is 0 Å². The van der Waals surface area contributed by atoms with Gasteiger partial charge in [0.2, 0.25) is 0 Å². The Morgan fingerprint density at radius 3 is 2.46 bits per heavy atom. The third-order valence-corrected chi connectivity index (χ3v) is 4.85. The first kappa shape index (κ1) is 16.6. The van der Waals surface area contributed by atoms with E-state index in [0.29, 0.717) is 21.1 Å². The van der Waals surface area contributed by atoms with Gasteiger partial charge in [-0.3, -0.25) is 14.4 Å². The zero-order chi connectivity index (χ0) is 17.3. The van der Waals surface area contributed by atoms with Crippen molar-refractivity contribution in [2.24, 2.45) is 0 Å². The van der Waals surface area contributed by atoms with Crippen LogP contribution in [-0.4, -0.2) is 22.0 Å². The van der Waals surface area contributed by atoms with Crippen LogP contribution in [0.15, 0.2) is 57.9 Å². The largest absolute Gasteiger partial charge is 0.300 e. The monoisotopic (exact) mass is 405 g/mol. The summed E-state index contributed by atoms with van der Waals surface area (Å²) in [6.45, 7) is 0. The van der Waals surface area contributed by atoms with Crippen molar-refractivity contribution in [3.05, 3.63) is 74.9 Å². The van der Waals surface area contributed by atoms with Crippen molar-refractivity contribution in [3.8, 4) is 0 Å². The van der Waals surface area contributed by atoms with Crippen molar-refractivity contribution in [2.75, 3.05) is 0 Å². The van der Waals surface area contributed by atoms with Gasteiger partial charge in [0.15, 0.2) is 0 Å². The number of carbonyl (C=O) groups is 3. The SMILES string of the molecule is O=C1S/C(=C\c2ccccc2F)C(=O)N1C(=O)c1ccccc1Br. The van der Waals surface area contributed by atoms with Gasteiger partial charge in [0.1, 0.15) is 5.82 Å². The van der Waals surface area contributed by atoms with Gasteiger partial charge in [-0.2, -0.15) is 0 Å². The van der Waals surface area contributed by atoms with Crippen LogP contribution in [0.1, 0.15) is 15.9 Å². The molecule has 1 aliphatic heterocycles. The molecule has 0 atom stereocenters. The molecule has 0 saturated carbocycles. The molecule has 0 spiro atoms. The van der Waals surface area contributed by atoms with E-state index in [2.05, 4.69) is 15.9 Å². The summed E-state index contributed by atoms with van der Waals surface area (Å²) in [5.41, 5.74) is 0.378. The van der Waals surface area contributed by atoms with Crippen LogP contribution in [0.5, 0.6) is 0 Å². The lowest BCUT2D eigenvalue weighted by Gasteiger charge is -2.11. The number of amides is 3. The van der Waals surface area contributed by atoms with E-state index in [-0.39, 0.29) is 16.0 Å². The highest BCUT2D eigenvalue weighted by atomic mass is 79.9. The van der Waals surface area contributed by atoms with Gasteiger partial charge in [0.25, 0.3) is 11.8 Å². The molecule has 0 bridgehead atoms. The number of rotatable bonds is 2. The predicted molar refractivity (Wildman–Crippen MR) is 92.7 cm³/mol. The second-order valence-corrected chi connectivity index (χ2v) is 6.67. The first-order valence-corrected chi connectivity index (χ1v) is 8.41. The van der Waals surface area contributed by atoms with Gasteiger partial charge >= 0.3 is 5.24 Å². The third-order valence-electron chi connectivity index (χ3n) is 3.29. The Hall–Kier alpha value is -2.25. The van der Waals surface area contributed by atoms with Crippen LogP contribution in [0.25, 0.3) is 6.08 Å². The lowest BCUT2D eigenvalue weighted by atomic mass is 10.2. The van der Waals surface area contributed by atoms with E-state index in [1.165, 1.54) is 30.3 Å². The number of hydrogen-bond acceptors (Lipinski definition) is 4. The number of thioether (sulfide) groups is 1.